The van der Waals surface area contributed by atoms with Gasteiger partial charge in [-0.1, -0.05) is 24.3 Å². The van der Waals surface area contributed by atoms with Crippen LogP contribution in [0.25, 0.3) is 11.0 Å². The lowest BCUT2D eigenvalue weighted by Gasteiger charge is -2.14. The summed E-state index contributed by atoms with van der Waals surface area (Å²) >= 11 is 3.44. The highest BCUT2D eigenvalue weighted by atomic mass is 79.9. The molecule has 4 rings (SSSR count). The molecule has 0 atom stereocenters. The minimum absolute atomic E-state index is 0.429. The third kappa shape index (κ3) is 2.40. The molecular formula is C17H14BrN3. The monoisotopic (exact) mass is 339 g/mol. The fraction of sp³-hybridized carbons (Fsp3) is 0.176. The summed E-state index contributed by atoms with van der Waals surface area (Å²) in [6.07, 6.45) is 5.78. The lowest BCUT2D eigenvalue weighted by Crippen LogP contribution is -2.19. The van der Waals surface area contributed by atoms with Gasteiger partial charge in [-0.15, -0.1) is 0 Å². The molecule has 1 aliphatic carbocycles. The Morgan fingerprint density at radius 3 is 2.57 bits per heavy atom. The Bertz CT molecular complexity index is 791. The van der Waals surface area contributed by atoms with E-state index in [-0.39, 0.29) is 0 Å². The summed E-state index contributed by atoms with van der Waals surface area (Å²) < 4.78 is 0.952. The van der Waals surface area contributed by atoms with E-state index in [0.29, 0.717) is 6.04 Å². The van der Waals surface area contributed by atoms with E-state index in [1.165, 1.54) is 11.1 Å². The first kappa shape index (κ1) is 12.8. The first-order valence-corrected chi connectivity index (χ1v) is 7.82. The van der Waals surface area contributed by atoms with Gasteiger partial charge in [0.25, 0.3) is 0 Å². The number of aromatic nitrogens is 2. The second-order valence-electron chi connectivity index (χ2n) is 5.40. The van der Waals surface area contributed by atoms with Gasteiger partial charge < -0.3 is 5.32 Å². The molecule has 2 aromatic heterocycles. The molecule has 0 saturated carbocycles. The Morgan fingerprint density at radius 2 is 1.81 bits per heavy atom. The first-order valence-electron chi connectivity index (χ1n) is 7.03. The van der Waals surface area contributed by atoms with Gasteiger partial charge >= 0.3 is 0 Å². The summed E-state index contributed by atoms with van der Waals surface area (Å²) in [7, 11) is 0. The van der Waals surface area contributed by atoms with E-state index in [2.05, 4.69) is 55.5 Å². The highest BCUT2D eigenvalue weighted by molar-refractivity contribution is 9.10. The molecule has 3 aromatic rings. The van der Waals surface area contributed by atoms with E-state index in [9.17, 15) is 0 Å². The van der Waals surface area contributed by atoms with E-state index in [1.807, 2.05) is 24.5 Å². The number of fused-ring (bicyclic) bond motifs is 2. The van der Waals surface area contributed by atoms with Crippen LogP contribution >= 0.6 is 15.9 Å². The minimum Gasteiger partial charge on any atom is -0.380 e. The Hall–Kier alpha value is -1.94. The molecule has 0 saturated heterocycles. The van der Waals surface area contributed by atoms with Gasteiger partial charge in [-0.25, -0.2) is 0 Å². The summed E-state index contributed by atoms with van der Waals surface area (Å²) in [6, 6.07) is 13.1. The van der Waals surface area contributed by atoms with Crippen LogP contribution in [-0.4, -0.2) is 16.0 Å². The SMILES string of the molecule is Brc1cnc2c(NC3Cc4ccccc4C3)ccnc2c1. The van der Waals surface area contributed by atoms with Gasteiger partial charge in [-0.3, -0.25) is 9.97 Å². The van der Waals surface area contributed by atoms with Crippen molar-refractivity contribution in [1.29, 1.82) is 0 Å². The quantitative estimate of drug-likeness (QED) is 0.767. The van der Waals surface area contributed by atoms with Crippen molar-refractivity contribution in [3.63, 3.8) is 0 Å². The highest BCUT2D eigenvalue weighted by Crippen LogP contribution is 2.27. The van der Waals surface area contributed by atoms with Crippen LogP contribution in [0.2, 0.25) is 0 Å². The summed E-state index contributed by atoms with van der Waals surface area (Å²) in [4.78, 5) is 8.88. The summed E-state index contributed by atoms with van der Waals surface area (Å²) in [6.45, 7) is 0. The van der Waals surface area contributed by atoms with Crippen LogP contribution in [0.3, 0.4) is 0 Å². The van der Waals surface area contributed by atoms with E-state index in [0.717, 1.165) is 34.0 Å². The highest BCUT2D eigenvalue weighted by Gasteiger charge is 2.21. The number of benzene rings is 1. The Labute approximate surface area is 131 Å². The fourth-order valence-electron chi connectivity index (χ4n) is 3.00. The van der Waals surface area contributed by atoms with Crippen LogP contribution in [0.4, 0.5) is 5.69 Å². The molecule has 0 unspecified atom stereocenters. The Balaban J connectivity index is 1.64. The molecule has 0 radical (unpaired) electrons. The smallest absolute Gasteiger partial charge is 0.112 e. The number of nitrogens with zero attached hydrogens (tertiary/aromatic N) is 2. The van der Waals surface area contributed by atoms with Gasteiger partial charge in [-0.05, 0) is 52.0 Å². The normalized spacial score (nSPS) is 14.3. The predicted octanol–water partition coefficient (Wildman–Crippen LogP) is 3.97. The zero-order valence-electron chi connectivity index (χ0n) is 11.4. The fourth-order valence-corrected chi connectivity index (χ4v) is 3.32. The molecule has 0 bridgehead atoms. The predicted molar refractivity (Wildman–Crippen MR) is 88.5 cm³/mol. The average Bonchev–Trinajstić information content (AvgIpc) is 2.89. The Morgan fingerprint density at radius 1 is 1.05 bits per heavy atom. The van der Waals surface area contributed by atoms with E-state index < -0.39 is 0 Å². The van der Waals surface area contributed by atoms with Crippen LogP contribution in [0, 0.1) is 0 Å². The number of anilines is 1. The van der Waals surface area contributed by atoms with Crippen molar-refractivity contribution < 1.29 is 0 Å². The number of nitrogens with one attached hydrogen (secondary N) is 1. The van der Waals surface area contributed by atoms with Crippen molar-refractivity contribution in [1.82, 2.24) is 9.97 Å². The molecule has 1 aliphatic rings. The third-order valence-electron chi connectivity index (χ3n) is 3.95. The zero-order chi connectivity index (χ0) is 14.2. The third-order valence-corrected chi connectivity index (χ3v) is 4.39. The number of hydrogen-bond donors (Lipinski definition) is 1. The van der Waals surface area contributed by atoms with Gasteiger partial charge in [0.05, 0.1) is 11.2 Å². The van der Waals surface area contributed by atoms with Crippen molar-refractivity contribution >= 4 is 32.7 Å². The van der Waals surface area contributed by atoms with Crippen molar-refractivity contribution in [2.45, 2.75) is 18.9 Å². The maximum Gasteiger partial charge on any atom is 0.112 e. The molecule has 0 aliphatic heterocycles. The molecule has 1 aromatic carbocycles. The van der Waals surface area contributed by atoms with E-state index in [4.69, 9.17) is 0 Å². The maximum atomic E-state index is 4.50. The van der Waals surface area contributed by atoms with E-state index >= 15 is 0 Å². The Kier molecular flexibility index (Phi) is 3.11. The van der Waals surface area contributed by atoms with Crippen molar-refractivity contribution in [2.24, 2.45) is 0 Å². The van der Waals surface area contributed by atoms with Gasteiger partial charge in [0.15, 0.2) is 0 Å². The molecular weight excluding hydrogens is 326 g/mol. The topological polar surface area (TPSA) is 37.8 Å². The van der Waals surface area contributed by atoms with Gasteiger partial charge in [-0.2, -0.15) is 0 Å². The van der Waals surface area contributed by atoms with Crippen LogP contribution in [0.5, 0.6) is 0 Å². The second kappa shape index (κ2) is 5.11. The second-order valence-corrected chi connectivity index (χ2v) is 6.31. The number of rotatable bonds is 2. The molecule has 21 heavy (non-hydrogen) atoms. The van der Waals surface area contributed by atoms with Gasteiger partial charge in [0, 0.05) is 22.9 Å². The first-order chi connectivity index (χ1) is 10.3. The number of halogens is 1. The molecule has 1 N–H and O–H groups in total. The molecule has 0 amide bonds. The molecule has 104 valence electrons. The van der Waals surface area contributed by atoms with Crippen LogP contribution < -0.4 is 5.32 Å². The molecule has 4 heteroatoms. The largest absolute Gasteiger partial charge is 0.380 e. The average molecular weight is 340 g/mol. The summed E-state index contributed by atoms with van der Waals surface area (Å²) in [5.41, 5.74) is 5.79. The summed E-state index contributed by atoms with van der Waals surface area (Å²) in [5.74, 6) is 0. The van der Waals surface area contributed by atoms with Crippen molar-refractivity contribution in [3.05, 3.63) is 64.4 Å². The van der Waals surface area contributed by atoms with Crippen LogP contribution in [0.1, 0.15) is 11.1 Å². The number of hydrogen-bond acceptors (Lipinski definition) is 3. The molecule has 3 nitrogen and oxygen atoms in total. The standard InChI is InChI=1S/C17H14BrN3/c18-13-9-16-17(20-10-13)15(5-6-19-16)21-14-7-11-3-1-2-4-12(11)8-14/h1-6,9-10,14H,7-8H2,(H,19,21). The molecule has 0 spiro atoms. The van der Waals surface area contributed by atoms with E-state index in [1.54, 1.807) is 0 Å². The van der Waals surface area contributed by atoms with Crippen LogP contribution in [0.15, 0.2) is 53.3 Å². The van der Waals surface area contributed by atoms with Crippen molar-refractivity contribution in [2.75, 3.05) is 5.32 Å². The lowest BCUT2D eigenvalue weighted by molar-refractivity contribution is 0.775. The van der Waals surface area contributed by atoms with Crippen LogP contribution in [-0.2, 0) is 12.8 Å². The minimum atomic E-state index is 0.429. The summed E-state index contributed by atoms with van der Waals surface area (Å²) in [5, 5.41) is 3.63. The van der Waals surface area contributed by atoms with Gasteiger partial charge in [0.1, 0.15) is 5.52 Å². The molecule has 2 heterocycles. The van der Waals surface area contributed by atoms with Crippen molar-refractivity contribution in [3.8, 4) is 0 Å². The maximum absolute atomic E-state index is 4.50. The molecule has 0 fully saturated rings. The lowest BCUT2D eigenvalue weighted by atomic mass is 10.1. The van der Waals surface area contributed by atoms with Gasteiger partial charge in [0.2, 0.25) is 0 Å². The zero-order valence-corrected chi connectivity index (χ0v) is 13.0. The number of pyridine rings is 2.